The van der Waals surface area contributed by atoms with Crippen molar-refractivity contribution in [2.24, 2.45) is 0 Å². The number of benzene rings is 2. The highest BCUT2D eigenvalue weighted by molar-refractivity contribution is 14.1. The van der Waals surface area contributed by atoms with Gasteiger partial charge in [0.1, 0.15) is 5.75 Å². The Bertz CT molecular complexity index is 920. The lowest BCUT2D eigenvalue weighted by Gasteiger charge is -2.03. The van der Waals surface area contributed by atoms with Crippen LogP contribution in [0.2, 0.25) is 0 Å². The first-order valence-electron chi connectivity index (χ1n) is 5.85. The molecule has 0 aliphatic rings. The molecule has 0 radical (unpaired) electrons. The molecule has 0 atom stereocenters. The molecular formula is C15H9IOS2. The maximum atomic E-state index is 5.46. The van der Waals surface area contributed by atoms with Crippen LogP contribution in [-0.2, 0) is 0 Å². The third-order valence-electron chi connectivity index (χ3n) is 3.29. The van der Waals surface area contributed by atoms with Crippen molar-refractivity contribution >= 4 is 74.8 Å². The van der Waals surface area contributed by atoms with Crippen molar-refractivity contribution in [3.63, 3.8) is 0 Å². The number of thiophene rings is 2. The summed E-state index contributed by atoms with van der Waals surface area (Å²) in [5.74, 6) is 0.961. The van der Waals surface area contributed by atoms with Crippen molar-refractivity contribution in [3.05, 3.63) is 40.0 Å². The van der Waals surface area contributed by atoms with Gasteiger partial charge in [-0.15, -0.1) is 22.7 Å². The van der Waals surface area contributed by atoms with Crippen molar-refractivity contribution in [1.82, 2.24) is 0 Å². The van der Waals surface area contributed by atoms with Crippen molar-refractivity contribution in [2.45, 2.75) is 0 Å². The Morgan fingerprint density at radius 1 is 1.00 bits per heavy atom. The number of rotatable bonds is 1. The third-order valence-corrected chi connectivity index (χ3v) is 6.54. The zero-order chi connectivity index (χ0) is 13.0. The van der Waals surface area contributed by atoms with Crippen LogP contribution in [0.1, 0.15) is 0 Å². The van der Waals surface area contributed by atoms with Crippen molar-refractivity contribution in [3.8, 4) is 5.75 Å². The van der Waals surface area contributed by atoms with Crippen LogP contribution in [0.3, 0.4) is 0 Å². The summed E-state index contributed by atoms with van der Waals surface area (Å²) >= 11 is 6.10. The first-order valence-corrected chi connectivity index (χ1v) is 8.56. The predicted octanol–water partition coefficient (Wildman–Crippen LogP) is 5.88. The summed E-state index contributed by atoms with van der Waals surface area (Å²) in [5, 5.41) is 4.06. The molecule has 19 heavy (non-hydrogen) atoms. The lowest BCUT2D eigenvalue weighted by atomic mass is 10.1. The minimum absolute atomic E-state index is 0.961. The van der Waals surface area contributed by atoms with Gasteiger partial charge in [-0.2, -0.15) is 0 Å². The Morgan fingerprint density at radius 3 is 2.63 bits per heavy atom. The molecule has 4 heteroatoms. The van der Waals surface area contributed by atoms with E-state index in [1.165, 1.54) is 33.1 Å². The summed E-state index contributed by atoms with van der Waals surface area (Å²) in [4.78, 5) is 0. The zero-order valence-corrected chi connectivity index (χ0v) is 13.9. The van der Waals surface area contributed by atoms with Crippen LogP contribution in [0.5, 0.6) is 5.75 Å². The van der Waals surface area contributed by atoms with Crippen molar-refractivity contribution < 1.29 is 4.74 Å². The van der Waals surface area contributed by atoms with E-state index < -0.39 is 0 Å². The van der Waals surface area contributed by atoms with E-state index in [-0.39, 0.29) is 0 Å². The molecule has 0 aliphatic carbocycles. The Hall–Kier alpha value is -0.850. The lowest BCUT2D eigenvalue weighted by Crippen LogP contribution is -1.85. The standard InChI is InChI=1S/C15H9IOS2/c1-17-11-6-9-13(7-10(11)16)19-15-14(9)8-4-2-3-5-12(8)18-15/h2-7H,1H3. The fourth-order valence-corrected chi connectivity index (χ4v) is 5.94. The molecule has 0 saturated heterocycles. The molecule has 2 aromatic heterocycles. The van der Waals surface area contributed by atoms with Gasteiger partial charge in [0.15, 0.2) is 0 Å². The summed E-state index contributed by atoms with van der Waals surface area (Å²) in [6.07, 6.45) is 0. The first kappa shape index (κ1) is 11.9. The minimum atomic E-state index is 0.961. The molecule has 0 spiro atoms. The second-order valence-corrected chi connectivity index (χ2v) is 7.87. The van der Waals surface area contributed by atoms with E-state index in [4.69, 9.17) is 4.74 Å². The van der Waals surface area contributed by atoms with Crippen molar-refractivity contribution in [2.75, 3.05) is 7.11 Å². The highest BCUT2D eigenvalue weighted by atomic mass is 127. The molecule has 0 fully saturated rings. The zero-order valence-electron chi connectivity index (χ0n) is 10.1. The number of halogens is 1. The summed E-state index contributed by atoms with van der Waals surface area (Å²) in [6.45, 7) is 0. The quantitative estimate of drug-likeness (QED) is 0.365. The molecule has 94 valence electrons. The van der Waals surface area contributed by atoms with Crippen LogP contribution in [0.4, 0.5) is 0 Å². The van der Waals surface area contributed by atoms with Gasteiger partial charge in [-0.05, 0) is 40.8 Å². The lowest BCUT2D eigenvalue weighted by molar-refractivity contribution is 0.412. The summed E-state index contributed by atoms with van der Waals surface area (Å²) in [7, 11) is 1.73. The number of hydrogen-bond donors (Lipinski definition) is 0. The molecule has 0 aliphatic heterocycles. The monoisotopic (exact) mass is 396 g/mol. The van der Waals surface area contributed by atoms with Gasteiger partial charge in [0.25, 0.3) is 0 Å². The average molecular weight is 396 g/mol. The maximum Gasteiger partial charge on any atom is 0.132 e. The third kappa shape index (κ3) is 1.70. The fourth-order valence-electron chi connectivity index (χ4n) is 2.42. The molecule has 1 nitrogen and oxygen atoms in total. The van der Waals surface area contributed by atoms with Crippen LogP contribution in [0.15, 0.2) is 36.4 Å². The van der Waals surface area contributed by atoms with Crippen LogP contribution in [0, 0.1) is 3.57 Å². The first-order chi connectivity index (χ1) is 9.28. The van der Waals surface area contributed by atoms with E-state index in [1.54, 1.807) is 7.11 Å². The second-order valence-electron chi connectivity index (χ2n) is 4.35. The molecule has 0 N–H and O–H groups in total. The molecule has 0 unspecified atom stereocenters. The predicted molar refractivity (Wildman–Crippen MR) is 94.0 cm³/mol. The molecule has 4 rings (SSSR count). The van der Waals surface area contributed by atoms with Gasteiger partial charge < -0.3 is 4.74 Å². The highest BCUT2D eigenvalue weighted by Gasteiger charge is 2.14. The van der Waals surface area contributed by atoms with E-state index in [0.717, 1.165) is 5.75 Å². The minimum Gasteiger partial charge on any atom is -0.496 e. The normalized spacial score (nSPS) is 11.7. The molecule has 0 saturated carbocycles. The summed E-state index contributed by atoms with van der Waals surface area (Å²) in [5.41, 5.74) is 0. The number of ether oxygens (including phenoxy) is 1. The molecule has 0 bridgehead atoms. The van der Waals surface area contributed by atoms with E-state index in [2.05, 4.69) is 59.0 Å². The maximum absolute atomic E-state index is 5.46. The second kappa shape index (κ2) is 4.33. The van der Waals surface area contributed by atoms with Gasteiger partial charge in [0, 0.05) is 25.6 Å². The Morgan fingerprint density at radius 2 is 1.79 bits per heavy atom. The number of fused-ring (bicyclic) bond motifs is 5. The summed E-state index contributed by atoms with van der Waals surface area (Å²) in [6, 6.07) is 13.0. The topological polar surface area (TPSA) is 9.23 Å². The van der Waals surface area contributed by atoms with E-state index >= 15 is 0 Å². The van der Waals surface area contributed by atoms with Gasteiger partial charge in [0.05, 0.1) is 14.7 Å². The van der Waals surface area contributed by atoms with E-state index in [1.807, 2.05) is 22.7 Å². The van der Waals surface area contributed by atoms with Gasteiger partial charge >= 0.3 is 0 Å². The van der Waals surface area contributed by atoms with Crippen LogP contribution in [0.25, 0.3) is 29.6 Å². The Balaban J connectivity index is 2.23. The average Bonchev–Trinajstić information content (AvgIpc) is 2.92. The Kier molecular flexibility index (Phi) is 2.72. The van der Waals surface area contributed by atoms with Gasteiger partial charge in [-0.1, -0.05) is 18.2 Å². The Labute approximate surface area is 131 Å². The van der Waals surface area contributed by atoms with Gasteiger partial charge in [-0.25, -0.2) is 0 Å². The van der Waals surface area contributed by atoms with E-state index in [9.17, 15) is 0 Å². The molecular weight excluding hydrogens is 387 g/mol. The van der Waals surface area contributed by atoms with Crippen LogP contribution >= 0.6 is 45.3 Å². The number of hydrogen-bond acceptors (Lipinski definition) is 3. The molecule has 0 amide bonds. The SMILES string of the molecule is COc1cc2c(cc1I)sc1sc3ccccc3c12. The molecule has 4 aromatic rings. The smallest absolute Gasteiger partial charge is 0.132 e. The highest BCUT2D eigenvalue weighted by Crippen LogP contribution is 2.45. The number of methoxy groups -OCH3 is 1. The van der Waals surface area contributed by atoms with Crippen LogP contribution < -0.4 is 4.74 Å². The van der Waals surface area contributed by atoms with Crippen molar-refractivity contribution in [1.29, 1.82) is 0 Å². The van der Waals surface area contributed by atoms with E-state index in [0.29, 0.717) is 0 Å². The van der Waals surface area contributed by atoms with Crippen LogP contribution in [-0.4, -0.2) is 7.11 Å². The molecule has 2 aromatic carbocycles. The van der Waals surface area contributed by atoms with Gasteiger partial charge in [0.2, 0.25) is 0 Å². The fraction of sp³-hybridized carbons (Fsp3) is 0.0667. The summed E-state index contributed by atoms with van der Waals surface area (Å²) < 4.78 is 10.7. The largest absolute Gasteiger partial charge is 0.496 e. The molecule has 2 heterocycles. The van der Waals surface area contributed by atoms with Gasteiger partial charge in [-0.3, -0.25) is 0 Å².